The van der Waals surface area contributed by atoms with Crippen LogP contribution < -0.4 is 26.2 Å². The van der Waals surface area contributed by atoms with E-state index in [4.69, 9.17) is 4.74 Å². The fourth-order valence-electron chi connectivity index (χ4n) is 9.28. The zero-order chi connectivity index (χ0) is 43.1. The molecule has 322 valence electrons. The Morgan fingerprint density at radius 1 is 0.984 bits per heavy atom. The predicted octanol–water partition coefficient (Wildman–Crippen LogP) is 5.64. The van der Waals surface area contributed by atoms with Gasteiger partial charge in [0.05, 0.1) is 46.9 Å². The number of nitrogens with one attached hydrogen (secondary N) is 4. The number of carbonyl (C=O) groups is 2. The molecule has 1 aliphatic carbocycles. The number of rotatable bonds is 11. The number of benzene rings is 3. The molecule has 0 radical (unpaired) electrons. The summed E-state index contributed by atoms with van der Waals surface area (Å²) in [4.78, 5) is 44.7. The summed E-state index contributed by atoms with van der Waals surface area (Å²) in [5, 5.41) is 18.5. The second-order valence-electron chi connectivity index (χ2n) is 16.6. The molecule has 4 heterocycles. The highest BCUT2D eigenvalue weighted by Crippen LogP contribution is 2.43. The minimum Gasteiger partial charge on any atom is -0.374 e. The molecule has 1 saturated carbocycles. The molecule has 3 saturated heterocycles. The molecule has 15 nitrogen and oxygen atoms in total. The molecule has 4 aromatic rings. The van der Waals surface area contributed by atoms with Crippen LogP contribution in [0.15, 0.2) is 59.7 Å². The van der Waals surface area contributed by atoms with Gasteiger partial charge in [0.15, 0.2) is 0 Å². The van der Waals surface area contributed by atoms with Crippen LogP contribution in [0.5, 0.6) is 0 Å². The van der Waals surface area contributed by atoms with Crippen molar-refractivity contribution in [3.05, 3.63) is 88.0 Å². The zero-order valence-electron chi connectivity index (χ0n) is 34.0. The maximum atomic E-state index is 15.4. The van der Waals surface area contributed by atoms with Crippen molar-refractivity contribution in [3.8, 4) is 6.07 Å². The Labute approximate surface area is 352 Å². The Morgan fingerprint density at radius 3 is 2.44 bits per heavy atom. The van der Waals surface area contributed by atoms with Crippen LogP contribution in [0.4, 0.5) is 31.5 Å². The average Bonchev–Trinajstić information content (AvgIpc) is 3.66. The first-order valence-electron chi connectivity index (χ1n) is 20.8. The van der Waals surface area contributed by atoms with Gasteiger partial charge in [-0.1, -0.05) is 13.0 Å². The molecule has 61 heavy (non-hydrogen) atoms. The van der Waals surface area contributed by atoms with Gasteiger partial charge in [-0.25, -0.2) is 13.8 Å². The average molecular weight is 858 g/mol. The molecule has 1 unspecified atom stereocenters. The number of halogens is 2. The van der Waals surface area contributed by atoms with Crippen molar-refractivity contribution in [2.75, 3.05) is 48.6 Å². The predicted molar refractivity (Wildman–Crippen MR) is 226 cm³/mol. The quantitative estimate of drug-likeness (QED) is 0.137. The topological polar surface area (TPSA) is 191 Å². The molecule has 3 aromatic carbocycles. The lowest BCUT2D eigenvalue weighted by Gasteiger charge is -2.44. The third-order valence-corrected chi connectivity index (χ3v) is 14.5. The summed E-state index contributed by atoms with van der Waals surface area (Å²) in [6, 6.07) is 13.6. The second kappa shape index (κ2) is 17.1. The number of nitriles is 1. The summed E-state index contributed by atoms with van der Waals surface area (Å²) >= 11 is 0. The first-order valence-corrected chi connectivity index (χ1v) is 22.2. The van der Waals surface area contributed by atoms with Gasteiger partial charge >= 0.3 is 10.2 Å². The van der Waals surface area contributed by atoms with Crippen LogP contribution in [0.25, 0.3) is 10.9 Å². The summed E-state index contributed by atoms with van der Waals surface area (Å²) in [5.74, 6) is -1.64. The number of piperidine rings is 2. The van der Waals surface area contributed by atoms with Crippen molar-refractivity contribution in [2.45, 2.75) is 94.4 Å². The first kappa shape index (κ1) is 42.2. The standard InChI is InChI=1S/C43H49F2N9O6S/c1-3-52(2)61(58,59)51-37-13-11-34(44)40(33(37)23-46)49-27-7-12-36-32(20-27)42(57)54(25-47-36)30-22-43(60-24-30)16-18-53(19-17-43)29-8-4-26(5-9-29)31-10-6-28(21-35(31)45)48-38-14-15-39(55)50-41(38)56/h6-7,10-13,20-21,25-26,29-30,38,48-49,51H,3-5,8-9,14-19,22,24H2,1-2H3,(H,50,55,56)/t26?,29?,30-,38?/m1/s1. The van der Waals surface area contributed by atoms with Crippen molar-refractivity contribution >= 4 is 55.7 Å². The van der Waals surface area contributed by atoms with Crippen LogP contribution in [-0.2, 0) is 24.5 Å². The van der Waals surface area contributed by atoms with Crippen molar-refractivity contribution in [2.24, 2.45) is 0 Å². The van der Waals surface area contributed by atoms with E-state index >= 15 is 8.78 Å². The first-order chi connectivity index (χ1) is 29.3. The van der Waals surface area contributed by atoms with Crippen molar-refractivity contribution in [3.63, 3.8) is 0 Å². The van der Waals surface area contributed by atoms with Crippen LogP contribution in [-0.4, -0.2) is 90.0 Å². The number of hydrogen-bond acceptors (Lipinski definition) is 11. The van der Waals surface area contributed by atoms with Gasteiger partial charge in [-0.15, -0.1) is 0 Å². The normalized spacial score (nSPS) is 23.2. The van der Waals surface area contributed by atoms with E-state index in [0.717, 1.165) is 62.0 Å². The van der Waals surface area contributed by atoms with E-state index in [-0.39, 0.29) is 64.7 Å². The lowest BCUT2D eigenvalue weighted by molar-refractivity contribution is -0.133. The van der Waals surface area contributed by atoms with Crippen LogP contribution in [0, 0.1) is 23.0 Å². The molecule has 18 heteroatoms. The number of fused-ring (bicyclic) bond motifs is 1. The Balaban J connectivity index is 0.878. The van der Waals surface area contributed by atoms with E-state index in [1.807, 2.05) is 18.2 Å². The van der Waals surface area contributed by atoms with Gasteiger partial charge in [0.25, 0.3) is 5.56 Å². The van der Waals surface area contributed by atoms with Crippen molar-refractivity contribution in [1.82, 2.24) is 24.1 Å². The van der Waals surface area contributed by atoms with Gasteiger partial charge in [-0.2, -0.15) is 18.0 Å². The Bertz CT molecular complexity index is 2570. The molecule has 0 bridgehead atoms. The van der Waals surface area contributed by atoms with E-state index in [9.17, 15) is 28.1 Å². The Hall–Kier alpha value is -5.48. The minimum absolute atomic E-state index is 0.0937. The van der Waals surface area contributed by atoms with Gasteiger partial charge in [0.2, 0.25) is 11.8 Å². The number of ether oxygens (including phenoxy) is 1. The largest absolute Gasteiger partial charge is 0.374 e. The van der Waals surface area contributed by atoms with E-state index in [1.165, 1.54) is 19.2 Å². The summed E-state index contributed by atoms with van der Waals surface area (Å²) in [6.45, 7) is 3.91. The van der Waals surface area contributed by atoms with Gasteiger partial charge in [0, 0.05) is 50.5 Å². The van der Waals surface area contributed by atoms with E-state index in [0.29, 0.717) is 53.3 Å². The number of nitrogens with zero attached hydrogens (tertiary/aromatic N) is 5. The maximum absolute atomic E-state index is 15.4. The summed E-state index contributed by atoms with van der Waals surface area (Å²) in [5.41, 5.74) is 0.735. The summed E-state index contributed by atoms with van der Waals surface area (Å²) in [7, 11) is -2.61. The molecule has 3 aliphatic heterocycles. The third kappa shape index (κ3) is 8.69. The summed E-state index contributed by atoms with van der Waals surface area (Å²) in [6.07, 6.45) is 8.10. The molecule has 8 rings (SSSR count). The molecule has 2 atom stereocenters. The lowest BCUT2D eigenvalue weighted by Crippen LogP contribution is -2.49. The molecular formula is C43H49F2N9O6S. The molecule has 4 fully saturated rings. The number of hydrogen-bond donors (Lipinski definition) is 4. The minimum atomic E-state index is -3.99. The van der Waals surface area contributed by atoms with Crippen LogP contribution in [0.1, 0.15) is 87.8 Å². The highest BCUT2D eigenvalue weighted by molar-refractivity contribution is 7.90. The van der Waals surface area contributed by atoms with Gasteiger partial charge in [-0.3, -0.25) is 29.0 Å². The third-order valence-electron chi connectivity index (χ3n) is 12.9. The smallest absolute Gasteiger partial charge is 0.301 e. The monoisotopic (exact) mass is 857 g/mol. The van der Waals surface area contributed by atoms with Crippen LogP contribution >= 0.6 is 0 Å². The Kier molecular flexibility index (Phi) is 11.8. The van der Waals surface area contributed by atoms with Crippen LogP contribution in [0.3, 0.4) is 0 Å². The van der Waals surface area contributed by atoms with Gasteiger partial charge in [0.1, 0.15) is 29.3 Å². The van der Waals surface area contributed by atoms with E-state index < -0.39 is 28.0 Å². The molecule has 1 spiro atoms. The molecule has 1 aromatic heterocycles. The number of carbonyl (C=O) groups excluding carboxylic acids is 2. The summed E-state index contributed by atoms with van der Waals surface area (Å²) < 4.78 is 67.4. The fourth-order valence-corrected chi connectivity index (χ4v) is 10.2. The van der Waals surface area contributed by atoms with Crippen molar-refractivity contribution < 1.29 is 31.5 Å². The SMILES string of the molecule is CCN(C)S(=O)(=O)Nc1ccc(F)c(Nc2ccc3ncn([C@H]4COC5(CCN(C6CCC(c7ccc(NC8CCC(=O)NC8=O)cc7F)CC6)CC5)C4)c(=O)c3c2)c1C#N. The van der Waals surface area contributed by atoms with E-state index in [2.05, 4.69) is 30.6 Å². The highest BCUT2D eigenvalue weighted by Gasteiger charge is 2.45. The number of imide groups is 1. The fraction of sp³-hybridized carbons (Fsp3) is 0.465. The highest BCUT2D eigenvalue weighted by atomic mass is 32.2. The Morgan fingerprint density at radius 2 is 1.74 bits per heavy atom. The van der Waals surface area contributed by atoms with Crippen LogP contribution in [0.2, 0.25) is 0 Å². The van der Waals surface area contributed by atoms with Gasteiger partial charge < -0.3 is 20.3 Å². The zero-order valence-corrected chi connectivity index (χ0v) is 34.9. The number of aromatic nitrogens is 2. The molecule has 2 amide bonds. The van der Waals surface area contributed by atoms with Crippen molar-refractivity contribution in [1.29, 1.82) is 5.26 Å². The lowest BCUT2D eigenvalue weighted by atomic mass is 9.79. The van der Waals surface area contributed by atoms with Gasteiger partial charge in [-0.05, 0) is 105 Å². The second-order valence-corrected chi connectivity index (χ2v) is 18.3. The molecular weight excluding hydrogens is 809 g/mol. The molecule has 4 N–H and O–H groups in total. The number of anilines is 4. The number of likely N-dealkylation sites (tertiary alicyclic amines) is 1. The molecule has 4 aliphatic rings. The maximum Gasteiger partial charge on any atom is 0.301 e. The van der Waals surface area contributed by atoms with E-state index in [1.54, 1.807) is 36.0 Å². The number of amides is 2.